The van der Waals surface area contributed by atoms with Crippen molar-refractivity contribution in [2.75, 3.05) is 31.2 Å². The average molecular weight is 552 g/mol. The molecule has 2 saturated heterocycles. The minimum Gasteiger partial charge on any atom is -0.494 e. The van der Waals surface area contributed by atoms with E-state index in [1.807, 2.05) is 90.1 Å². The first-order valence-electron chi connectivity index (χ1n) is 14.3. The second kappa shape index (κ2) is 10.3. The summed E-state index contributed by atoms with van der Waals surface area (Å²) in [6, 6.07) is 5.64. The number of hydrogen-bond acceptors (Lipinski definition) is 6. The molecule has 0 radical (unpaired) electrons. The van der Waals surface area contributed by atoms with Gasteiger partial charge in [-0.25, -0.2) is 0 Å². The topological polar surface area (TPSA) is 99.6 Å². The summed E-state index contributed by atoms with van der Waals surface area (Å²) in [5.74, 6) is -1.99. The fraction of sp³-hybridized carbons (Fsp3) is 0.581. The highest BCUT2D eigenvalue weighted by Gasteiger charge is 2.75. The minimum atomic E-state index is -1.35. The zero-order valence-corrected chi connectivity index (χ0v) is 24.2. The van der Waals surface area contributed by atoms with Crippen LogP contribution in [0.2, 0.25) is 0 Å². The number of ether oxygens (including phenoxy) is 2. The van der Waals surface area contributed by atoms with Crippen molar-refractivity contribution in [3.8, 4) is 5.75 Å². The SMILES string of the molecule is CCOc1ccc(N2CC=C[C@@]3(C)O[C@]45C=CCN(C(C)C)C(=O)C4N([C@@H](CO)C(C)C)C(=O)[C@@H]5[C@H]3C2=O)cc1. The van der Waals surface area contributed by atoms with Crippen LogP contribution in [0.1, 0.15) is 41.5 Å². The number of carbonyl (C=O) groups is 3. The molecule has 6 atom stereocenters. The van der Waals surface area contributed by atoms with Crippen LogP contribution in [0.3, 0.4) is 0 Å². The normalized spacial score (nSPS) is 32.4. The van der Waals surface area contributed by atoms with E-state index in [1.54, 1.807) is 9.80 Å². The molecule has 9 heteroatoms. The number of fused-ring (bicyclic) bond motifs is 2. The first-order valence-corrected chi connectivity index (χ1v) is 14.3. The summed E-state index contributed by atoms with van der Waals surface area (Å²) in [5, 5.41) is 10.4. The molecule has 9 nitrogen and oxygen atoms in total. The van der Waals surface area contributed by atoms with Gasteiger partial charge in [-0.2, -0.15) is 0 Å². The van der Waals surface area contributed by atoms with Gasteiger partial charge in [0.25, 0.3) is 0 Å². The Morgan fingerprint density at radius 2 is 1.65 bits per heavy atom. The Balaban J connectivity index is 1.63. The van der Waals surface area contributed by atoms with Gasteiger partial charge in [-0.3, -0.25) is 14.4 Å². The summed E-state index contributed by atoms with van der Waals surface area (Å²) in [6.45, 7) is 12.4. The number of rotatable bonds is 7. The predicted molar refractivity (Wildman–Crippen MR) is 151 cm³/mol. The van der Waals surface area contributed by atoms with E-state index in [0.717, 1.165) is 0 Å². The van der Waals surface area contributed by atoms with Gasteiger partial charge in [0.15, 0.2) is 0 Å². The quantitative estimate of drug-likeness (QED) is 0.524. The molecule has 1 N–H and O–H groups in total. The molecule has 0 saturated carbocycles. The van der Waals surface area contributed by atoms with Crippen molar-refractivity contribution in [3.63, 3.8) is 0 Å². The smallest absolute Gasteiger partial charge is 0.249 e. The number of aliphatic hydroxyl groups is 1. The summed E-state index contributed by atoms with van der Waals surface area (Å²) in [5.41, 5.74) is -1.76. The number of benzene rings is 1. The third-order valence-electron chi connectivity index (χ3n) is 8.92. The lowest BCUT2D eigenvalue weighted by molar-refractivity contribution is -0.156. The summed E-state index contributed by atoms with van der Waals surface area (Å²) in [7, 11) is 0. The fourth-order valence-corrected chi connectivity index (χ4v) is 7.04. The van der Waals surface area contributed by atoms with Gasteiger partial charge >= 0.3 is 0 Å². The second-order valence-electron chi connectivity index (χ2n) is 12.0. The van der Waals surface area contributed by atoms with Gasteiger partial charge in [0, 0.05) is 24.8 Å². The summed E-state index contributed by atoms with van der Waals surface area (Å²) < 4.78 is 12.4. The number of aliphatic hydroxyl groups excluding tert-OH is 1. The van der Waals surface area contributed by atoms with E-state index in [9.17, 15) is 19.5 Å². The molecule has 0 aliphatic carbocycles. The number of nitrogens with zero attached hydrogens (tertiary/aromatic N) is 3. The molecule has 1 unspecified atom stereocenters. The van der Waals surface area contributed by atoms with Crippen molar-refractivity contribution in [1.82, 2.24) is 9.80 Å². The van der Waals surface area contributed by atoms with Crippen LogP contribution in [0.5, 0.6) is 5.75 Å². The standard InChI is InChI=1S/C31H41N3O6/c1-7-39-22-12-10-21(11-13-22)33-17-8-14-30(6)24(27(33)36)25-28(37)34(23(18-35)19(2)3)26-29(38)32(20(4)5)16-9-15-31(25,26)40-30/h8-15,19-20,23-26,35H,7,16-18H2,1-6H3/t23-,24-,25-,26?,30+,31-/m0/s1. The lowest BCUT2D eigenvalue weighted by Gasteiger charge is -2.41. The molecule has 4 heterocycles. The molecular formula is C31H41N3O6. The maximum atomic E-state index is 14.5. The van der Waals surface area contributed by atoms with Crippen LogP contribution >= 0.6 is 0 Å². The van der Waals surface area contributed by atoms with Crippen LogP contribution in [0, 0.1) is 17.8 Å². The van der Waals surface area contributed by atoms with E-state index in [-0.39, 0.29) is 36.3 Å². The first-order chi connectivity index (χ1) is 19.0. The van der Waals surface area contributed by atoms with Gasteiger partial charge in [0.2, 0.25) is 17.7 Å². The van der Waals surface area contributed by atoms with Crippen molar-refractivity contribution in [2.24, 2.45) is 17.8 Å². The molecule has 0 bridgehead atoms. The number of hydrogen-bond donors (Lipinski definition) is 1. The molecule has 4 aliphatic heterocycles. The second-order valence-corrected chi connectivity index (χ2v) is 12.0. The molecule has 216 valence electrons. The molecule has 40 heavy (non-hydrogen) atoms. The zero-order valence-electron chi connectivity index (χ0n) is 24.2. The largest absolute Gasteiger partial charge is 0.494 e. The molecule has 1 spiro atoms. The Kier molecular flexibility index (Phi) is 7.33. The summed E-state index contributed by atoms with van der Waals surface area (Å²) in [4.78, 5) is 48.2. The molecule has 1 aromatic rings. The molecule has 3 amide bonds. The van der Waals surface area contributed by atoms with Crippen molar-refractivity contribution in [3.05, 3.63) is 48.6 Å². The van der Waals surface area contributed by atoms with Crippen LogP contribution in [0.15, 0.2) is 48.6 Å². The molecule has 2 fully saturated rings. The molecule has 5 rings (SSSR count). The fourth-order valence-electron chi connectivity index (χ4n) is 7.04. The summed E-state index contributed by atoms with van der Waals surface area (Å²) >= 11 is 0. The first kappa shape index (κ1) is 28.4. The third kappa shape index (κ3) is 4.16. The maximum absolute atomic E-state index is 14.5. The monoisotopic (exact) mass is 551 g/mol. The Hall–Kier alpha value is -3.17. The Morgan fingerprint density at radius 3 is 2.25 bits per heavy atom. The third-order valence-corrected chi connectivity index (χ3v) is 8.92. The van der Waals surface area contributed by atoms with Gasteiger partial charge in [-0.05, 0) is 57.9 Å². The van der Waals surface area contributed by atoms with Crippen molar-refractivity contribution < 1.29 is 29.0 Å². The average Bonchev–Trinajstić information content (AvgIpc) is 3.16. The number of carbonyl (C=O) groups excluding carboxylic acids is 3. The highest BCUT2D eigenvalue weighted by Crippen LogP contribution is 2.58. The number of likely N-dealkylation sites (tertiary alicyclic amines) is 1. The Morgan fingerprint density at radius 1 is 0.975 bits per heavy atom. The highest BCUT2D eigenvalue weighted by atomic mass is 16.5. The van der Waals surface area contributed by atoms with Crippen LogP contribution in [-0.4, -0.2) is 88.3 Å². The molecule has 0 aromatic heterocycles. The lowest BCUT2D eigenvalue weighted by atomic mass is 9.74. The summed E-state index contributed by atoms with van der Waals surface area (Å²) in [6.07, 6.45) is 7.51. The van der Waals surface area contributed by atoms with E-state index < -0.39 is 35.1 Å². The van der Waals surface area contributed by atoms with E-state index in [2.05, 4.69) is 0 Å². The van der Waals surface area contributed by atoms with Crippen LogP contribution < -0.4 is 9.64 Å². The maximum Gasteiger partial charge on any atom is 0.249 e. The van der Waals surface area contributed by atoms with Crippen molar-refractivity contribution in [2.45, 2.75) is 70.9 Å². The van der Waals surface area contributed by atoms with Gasteiger partial charge in [0.05, 0.1) is 36.7 Å². The molecule has 1 aromatic carbocycles. The van der Waals surface area contributed by atoms with E-state index in [4.69, 9.17) is 9.47 Å². The minimum absolute atomic E-state index is 0.103. The van der Waals surface area contributed by atoms with E-state index in [1.165, 1.54) is 4.90 Å². The van der Waals surface area contributed by atoms with E-state index in [0.29, 0.717) is 31.1 Å². The Bertz CT molecular complexity index is 1230. The van der Waals surface area contributed by atoms with Crippen molar-refractivity contribution >= 4 is 23.4 Å². The Labute approximate surface area is 236 Å². The van der Waals surface area contributed by atoms with Gasteiger partial charge in [-0.15, -0.1) is 0 Å². The van der Waals surface area contributed by atoms with Gasteiger partial charge in [-0.1, -0.05) is 38.2 Å². The predicted octanol–water partition coefficient (Wildman–Crippen LogP) is 2.78. The van der Waals surface area contributed by atoms with Gasteiger partial charge in [0.1, 0.15) is 17.4 Å². The van der Waals surface area contributed by atoms with E-state index >= 15 is 0 Å². The van der Waals surface area contributed by atoms with Crippen molar-refractivity contribution in [1.29, 1.82) is 0 Å². The number of amides is 3. The lowest BCUT2D eigenvalue weighted by Crippen LogP contribution is -2.60. The zero-order chi connectivity index (χ0) is 29.0. The molecule has 4 aliphatic rings. The molecular weight excluding hydrogens is 510 g/mol. The van der Waals surface area contributed by atoms with Crippen LogP contribution in [0.4, 0.5) is 5.69 Å². The highest BCUT2D eigenvalue weighted by molar-refractivity contribution is 6.04. The van der Waals surface area contributed by atoms with Crippen LogP contribution in [-0.2, 0) is 19.1 Å². The van der Waals surface area contributed by atoms with Crippen LogP contribution in [0.25, 0.3) is 0 Å². The number of anilines is 1. The van der Waals surface area contributed by atoms with Gasteiger partial charge < -0.3 is 29.3 Å².